The first-order valence-electron chi connectivity index (χ1n) is 7.99. The van der Waals surface area contributed by atoms with Gasteiger partial charge in [-0.25, -0.2) is 4.98 Å². The number of aromatic nitrogens is 1. The number of benzene rings is 1. The van der Waals surface area contributed by atoms with Crippen molar-refractivity contribution >= 4 is 32.4 Å². The second-order valence-electron chi connectivity index (χ2n) is 5.85. The molecule has 0 amide bonds. The van der Waals surface area contributed by atoms with Gasteiger partial charge in [-0.1, -0.05) is 28.1 Å². The van der Waals surface area contributed by atoms with Crippen LogP contribution in [-0.4, -0.2) is 36.1 Å². The fraction of sp³-hybridized carbons (Fsp3) is 0.278. The number of anilines is 1. The molecule has 1 aromatic carbocycles. The van der Waals surface area contributed by atoms with Crippen LogP contribution in [0.25, 0.3) is 11.3 Å². The average Bonchev–Trinajstić information content (AvgIpc) is 3.28. The quantitative estimate of drug-likeness (QED) is 0.642. The largest absolute Gasteiger partial charge is 0.460 e. The number of thiazole rings is 1. The molecule has 124 valence electrons. The molecule has 3 aromatic rings. The lowest BCUT2D eigenvalue weighted by Gasteiger charge is -2.34. The standard InChI is InChI=1S/C18H18BrN3OS/c19-15-3-1-14(2-4-15)17-6-5-16(23-17)13-21-8-10-22(11-9-21)18-20-7-12-24-18/h1-7,12H,8-11,13H2. The van der Waals surface area contributed by atoms with E-state index in [-0.39, 0.29) is 0 Å². The number of hydrogen-bond acceptors (Lipinski definition) is 5. The summed E-state index contributed by atoms with van der Waals surface area (Å²) in [5.74, 6) is 1.95. The Hall–Kier alpha value is -1.63. The molecule has 0 radical (unpaired) electrons. The van der Waals surface area contributed by atoms with Crippen molar-refractivity contribution in [3.05, 3.63) is 58.2 Å². The van der Waals surface area contributed by atoms with E-state index in [0.29, 0.717) is 0 Å². The Balaban J connectivity index is 1.36. The average molecular weight is 404 g/mol. The van der Waals surface area contributed by atoms with Crippen molar-refractivity contribution in [2.75, 3.05) is 31.1 Å². The zero-order valence-corrected chi connectivity index (χ0v) is 15.6. The number of halogens is 1. The maximum absolute atomic E-state index is 6.03. The first-order valence-corrected chi connectivity index (χ1v) is 9.67. The summed E-state index contributed by atoms with van der Waals surface area (Å²) in [6.45, 7) is 4.98. The normalized spacial score (nSPS) is 15.8. The highest BCUT2D eigenvalue weighted by molar-refractivity contribution is 9.10. The van der Waals surface area contributed by atoms with E-state index >= 15 is 0 Å². The highest BCUT2D eigenvalue weighted by Gasteiger charge is 2.19. The first-order chi connectivity index (χ1) is 11.8. The van der Waals surface area contributed by atoms with E-state index in [2.05, 4.69) is 55.0 Å². The molecule has 1 aliphatic heterocycles. The molecule has 0 unspecified atom stereocenters. The maximum Gasteiger partial charge on any atom is 0.185 e. The molecule has 0 spiro atoms. The van der Waals surface area contributed by atoms with Gasteiger partial charge in [-0.05, 0) is 24.3 Å². The smallest absolute Gasteiger partial charge is 0.185 e. The molecule has 0 bridgehead atoms. The summed E-state index contributed by atoms with van der Waals surface area (Å²) in [6.07, 6.45) is 1.87. The Bertz CT molecular complexity index is 777. The molecule has 0 N–H and O–H groups in total. The van der Waals surface area contributed by atoms with Crippen molar-refractivity contribution in [1.29, 1.82) is 0 Å². The van der Waals surface area contributed by atoms with Crippen LogP contribution in [0.5, 0.6) is 0 Å². The number of furan rings is 1. The van der Waals surface area contributed by atoms with Crippen LogP contribution in [0.2, 0.25) is 0 Å². The third kappa shape index (κ3) is 3.55. The molecule has 24 heavy (non-hydrogen) atoms. The van der Waals surface area contributed by atoms with E-state index in [4.69, 9.17) is 4.42 Å². The second kappa shape index (κ2) is 7.09. The molecule has 6 heteroatoms. The van der Waals surface area contributed by atoms with Gasteiger partial charge in [-0.3, -0.25) is 4.90 Å². The molecule has 0 aliphatic carbocycles. The Morgan fingerprint density at radius 3 is 2.54 bits per heavy atom. The lowest BCUT2D eigenvalue weighted by molar-refractivity contribution is 0.231. The van der Waals surface area contributed by atoms with Gasteiger partial charge in [0.25, 0.3) is 0 Å². The van der Waals surface area contributed by atoms with Crippen LogP contribution in [-0.2, 0) is 6.54 Å². The minimum atomic E-state index is 0.863. The topological polar surface area (TPSA) is 32.5 Å². The van der Waals surface area contributed by atoms with E-state index in [9.17, 15) is 0 Å². The fourth-order valence-electron chi connectivity index (χ4n) is 2.92. The molecule has 1 aliphatic rings. The van der Waals surface area contributed by atoms with E-state index in [0.717, 1.165) is 59.4 Å². The van der Waals surface area contributed by atoms with Crippen LogP contribution in [0.1, 0.15) is 5.76 Å². The molecular formula is C18H18BrN3OS. The van der Waals surface area contributed by atoms with E-state index < -0.39 is 0 Å². The van der Waals surface area contributed by atoms with Gasteiger partial charge in [-0.2, -0.15) is 0 Å². The number of rotatable bonds is 4. The molecule has 1 saturated heterocycles. The molecule has 2 aromatic heterocycles. The Morgan fingerprint density at radius 1 is 1.04 bits per heavy atom. The van der Waals surface area contributed by atoms with Gasteiger partial charge in [0, 0.05) is 47.8 Å². The van der Waals surface area contributed by atoms with E-state index in [1.807, 2.05) is 23.7 Å². The summed E-state index contributed by atoms with van der Waals surface area (Å²) in [7, 11) is 0. The molecule has 4 rings (SSSR count). The lowest BCUT2D eigenvalue weighted by Crippen LogP contribution is -2.45. The second-order valence-corrected chi connectivity index (χ2v) is 7.64. The molecule has 1 fully saturated rings. The minimum absolute atomic E-state index is 0.863. The Kier molecular flexibility index (Phi) is 4.69. The SMILES string of the molecule is Brc1ccc(-c2ccc(CN3CCN(c4nccs4)CC3)o2)cc1. The van der Waals surface area contributed by atoms with Crippen LogP contribution in [0.3, 0.4) is 0 Å². The highest BCUT2D eigenvalue weighted by atomic mass is 79.9. The van der Waals surface area contributed by atoms with Crippen molar-refractivity contribution in [1.82, 2.24) is 9.88 Å². The molecular weight excluding hydrogens is 386 g/mol. The van der Waals surface area contributed by atoms with Crippen LogP contribution < -0.4 is 4.90 Å². The predicted molar refractivity (Wildman–Crippen MR) is 101 cm³/mol. The van der Waals surface area contributed by atoms with Gasteiger partial charge >= 0.3 is 0 Å². The molecule has 3 heterocycles. The number of hydrogen-bond donors (Lipinski definition) is 0. The third-order valence-corrected chi connectivity index (χ3v) is 5.59. The molecule has 0 atom stereocenters. The Morgan fingerprint density at radius 2 is 1.83 bits per heavy atom. The van der Waals surface area contributed by atoms with Gasteiger partial charge in [0.1, 0.15) is 11.5 Å². The van der Waals surface area contributed by atoms with E-state index in [1.54, 1.807) is 11.3 Å². The van der Waals surface area contributed by atoms with Crippen molar-refractivity contribution < 1.29 is 4.42 Å². The van der Waals surface area contributed by atoms with Crippen LogP contribution in [0, 0.1) is 0 Å². The van der Waals surface area contributed by atoms with Crippen molar-refractivity contribution in [2.24, 2.45) is 0 Å². The van der Waals surface area contributed by atoms with Gasteiger partial charge < -0.3 is 9.32 Å². The molecule has 0 saturated carbocycles. The molecule has 4 nitrogen and oxygen atoms in total. The number of nitrogens with zero attached hydrogens (tertiary/aromatic N) is 3. The van der Waals surface area contributed by atoms with Crippen molar-refractivity contribution in [3.8, 4) is 11.3 Å². The van der Waals surface area contributed by atoms with Gasteiger partial charge in [0.2, 0.25) is 0 Å². The van der Waals surface area contributed by atoms with Gasteiger partial charge in [0.15, 0.2) is 5.13 Å². The fourth-order valence-corrected chi connectivity index (χ4v) is 3.88. The third-order valence-electron chi connectivity index (χ3n) is 4.23. The summed E-state index contributed by atoms with van der Waals surface area (Å²) in [5.41, 5.74) is 1.11. The maximum atomic E-state index is 6.03. The van der Waals surface area contributed by atoms with Crippen molar-refractivity contribution in [2.45, 2.75) is 6.54 Å². The van der Waals surface area contributed by atoms with Crippen LogP contribution in [0.4, 0.5) is 5.13 Å². The monoisotopic (exact) mass is 403 g/mol. The summed E-state index contributed by atoms with van der Waals surface area (Å²) < 4.78 is 7.11. The van der Waals surface area contributed by atoms with Crippen LogP contribution in [0.15, 0.2) is 56.9 Å². The minimum Gasteiger partial charge on any atom is -0.460 e. The van der Waals surface area contributed by atoms with Crippen molar-refractivity contribution in [3.63, 3.8) is 0 Å². The Labute approximate surface area is 153 Å². The zero-order chi connectivity index (χ0) is 16.4. The summed E-state index contributed by atoms with van der Waals surface area (Å²) in [5, 5.41) is 3.17. The number of piperazine rings is 1. The lowest BCUT2D eigenvalue weighted by atomic mass is 10.2. The zero-order valence-electron chi connectivity index (χ0n) is 13.2. The summed E-state index contributed by atoms with van der Waals surface area (Å²) in [4.78, 5) is 9.19. The highest BCUT2D eigenvalue weighted by Crippen LogP contribution is 2.25. The van der Waals surface area contributed by atoms with E-state index in [1.165, 1.54) is 0 Å². The van der Waals surface area contributed by atoms with Crippen LogP contribution >= 0.6 is 27.3 Å². The summed E-state index contributed by atoms with van der Waals surface area (Å²) >= 11 is 5.17. The predicted octanol–water partition coefficient (Wildman–Crippen LogP) is 4.49. The van der Waals surface area contributed by atoms with Gasteiger partial charge in [0.05, 0.1) is 6.54 Å². The van der Waals surface area contributed by atoms with Gasteiger partial charge in [-0.15, -0.1) is 11.3 Å². The first kappa shape index (κ1) is 15.9. The summed E-state index contributed by atoms with van der Waals surface area (Å²) in [6, 6.07) is 12.4.